The van der Waals surface area contributed by atoms with Crippen LogP contribution in [0.3, 0.4) is 0 Å². The number of nitrogens with zero attached hydrogens (tertiary/aromatic N) is 3. The summed E-state index contributed by atoms with van der Waals surface area (Å²) in [6.07, 6.45) is 2.06. The smallest absolute Gasteiger partial charge is 0.278 e. The minimum absolute atomic E-state index is 0.0974. The van der Waals surface area contributed by atoms with Crippen LogP contribution < -0.4 is 5.32 Å². The highest BCUT2D eigenvalue weighted by atomic mass is 79.9. The maximum Gasteiger partial charge on any atom is 0.278 e. The lowest BCUT2D eigenvalue weighted by Crippen LogP contribution is -2.18. The van der Waals surface area contributed by atoms with Crippen molar-refractivity contribution in [2.75, 3.05) is 5.32 Å². The van der Waals surface area contributed by atoms with E-state index in [1.165, 1.54) is 6.20 Å². The number of rotatable bonds is 3. The summed E-state index contributed by atoms with van der Waals surface area (Å²) in [7, 11) is 0. The van der Waals surface area contributed by atoms with E-state index in [9.17, 15) is 10.1 Å². The number of fused-ring (bicyclic) bond motifs is 1. The van der Waals surface area contributed by atoms with Crippen molar-refractivity contribution in [2.24, 2.45) is 0 Å². The standard InChI is InChI=1S/C18H19BrN4O2/c1-10-15(22-8-11(6-20)7-21)14(19)12-13(16(10)23(24)25)18(4,5)9-17(12,2)3/h8,22H,9H2,1-5H3. The molecule has 1 aromatic rings. The van der Waals surface area contributed by atoms with Gasteiger partial charge in [0.05, 0.1) is 16.2 Å². The Kier molecular flexibility index (Phi) is 4.67. The molecule has 0 atom stereocenters. The molecule has 1 N–H and O–H groups in total. The van der Waals surface area contributed by atoms with E-state index in [1.54, 1.807) is 19.1 Å². The molecule has 0 aromatic heterocycles. The number of nitro benzene ring substituents is 1. The largest absolute Gasteiger partial charge is 0.358 e. The number of hydrogen-bond donors (Lipinski definition) is 1. The van der Waals surface area contributed by atoms with E-state index in [0.717, 1.165) is 22.0 Å². The number of hydrogen-bond acceptors (Lipinski definition) is 5. The van der Waals surface area contributed by atoms with Gasteiger partial charge in [-0.05, 0) is 45.7 Å². The van der Waals surface area contributed by atoms with Crippen molar-refractivity contribution < 1.29 is 4.92 Å². The number of allylic oxidation sites excluding steroid dienone is 1. The predicted molar refractivity (Wildman–Crippen MR) is 99.1 cm³/mol. The van der Waals surface area contributed by atoms with Gasteiger partial charge in [-0.2, -0.15) is 10.5 Å². The molecule has 6 nitrogen and oxygen atoms in total. The molecule has 7 heteroatoms. The van der Waals surface area contributed by atoms with Gasteiger partial charge < -0.3 is 5.32 Å². The van der Waals surface area contributed by atoms with Crippen LogP contribution in [-0.2, 0) is 10.8 Å². The molecular formula is C18H19BrN4O2. The van der Waals surface area contributed by atoms with Crippen LogP contribution in [-0.4, -0.2) is 4.92 Å². The van der Waals surface area contributed by atoms with E-state index in [2.05, 4.69) is 35.1 Å². The van der Waals surface area contributed by atoms with Gasteiger partial charge in [-0.1, -0.05) is 27.7 Å². The average Bonchev–Trinajstić information content (AvgIpc) is 2.67. The average molecular weight is 403 g/mol. The summed E-state index contributed by atoms with van der Waals surface area (Å²) in [5, 5.41) is 32.5. The molecule has 1 aliphatic carbocycles. The van der Waals surface area contributed by atoms with Crippen molar-refractivity contribution in [2.45, 2.75) is 51.9 Å². The first-order valence-corrected chi connectivity index (χ1v) is 8.55. The summed E-state index contributed by atoms with van der Waals surface area (Å²) in [6, 6.07) is 3.54. The van der Waals surface area contributed by atoms with Crippen molar-refractivity contribution >= 4 is 27.3 Å². The Morgan fingerprint density at radius 3 is 2.24 bits per heavy atom. The van der Waals surface area contributed by atoms with Crippen molar-refractivity contribution in [3.63, 3.8) is 0 Å². The summed E-state index contributed by atoms with van der Waals surface area (Å²) in [5.41, 5.74) is 2.07. The molecule has 0 aliphatic heterocycles. The summed E-state index contributed by atoms with van der Waals surface area (Å²) in [4.78, 5) is 11.5. The van der Waals surface area contributed by atoms with E-state index < -0.39 is 0 Å². The van der Waals surface area contributed by atoms with Crippen LogP contribution in [0.1, 0.15) is 50.8 Å². The predicted octanol–water partition coefficient (Wildman–Crippen LogP) is 4.97. The number of halogens is 1. The Morgan fingerprint density at radius 1 is 1.24 bits per heavy atom. The maximum atomic E-state index is 11.8. The summed E-state index contributed by atoms with van der Waals surface area (Å²) in [5.74, 6) is 0. The monoisotopic (exact) mass is 402 g/mol. The molecule has 130 valence electrons. The highest BCUT2D eigenvalue weighted by molar-refractivity contribution is 9.10. The van der Waals surface area contributed by atoms with Crippen molar-refractivity contribution in [1.29, 1.82) is 10.5 Å². The second kappa shape index (κ2) is 6.16. The zero-order chi connectivity index (χ0) is 19.2. The van der Waals surface area contributed by atoms with Gasteiger partial charge in [0.15, 0.2) is 0 Å². The van der Waals surface area contributed by atoms with Gasteiger partial charge in [-0.15, -0.1) is 0 Å². The van der Waals surface area contributed by atoms with Crippen LogP contribution in [0.5, 0.6) is 0 Å². The SMILES string of the molecule is Cc1c(NC=C(C#N)C#N)c(Br)c2c(c1[N+](=O)[O-])C(C)(C)CC2(C)C. The molecule has 2 rings (SSSR count). The molecule has 0 bridgehead atoms. The molecule has 0 saturated heterocycles. The van der Waals surface area contributed by atoms with Crippen LogP contribution >= 0.6 is 15.9 Å². The highest BCUT2D eigenvalue weighted by Crippen LogP contribution is 2.57. The zero-order valence-electron chi connectivity index (χ0n) is 14.8. The molecule has 0 heterocycles. The van der Waals surface area contributed by atoms with Crippen LogP contribution in [0.25, 0.3) is 0 Å². The number of nitriles is 2. The van der Waals surface area contributed by atoms with E-state index in [0.29, 0.717) is 11.3 Å². The molecule has 0 fully saturated rings. The maximum absolute atomic E-state index is 11.8. The minimum Gasteiger partial charge on any atom is -0.358 e. The Bertz CT molecular complexity index is 870. The van der Waals surface area contributed by atoms with Gasteiger partial charge in [0.1, 0.15) is 17.7 Å². The lowest BCUT2D eigenvalue weighted by molar-refractivity contribution is -0.386. The molecule has 1 aromatic carbocycles. The van der Waals surface area contributed by atoms with Gasteiger partial charge in [0.2, 0.25) is 0 Å². The Hall–Kier alpha value is -2.38. The topological polar surface area (TPSA) is 103 Å². The minimum atomic E-state index is -0.339. The van der Waals surface area contributed by atoms with Crippen LogP contribution in [0, 0.1) is 39.7 Å². The van der Waals surface area contributed by atoms with Gasteiger partial charge in [0, 0.05) is 16.2 Å². The number of benzene rings is 1. The number of anilines is 1. The fraction of sp³-hybridized carbons (Fsp3) is 0.444. The zero-order valence-corrected chi connectivity index (χ0v) is 16.4. The van der Waals surface area contributed by atoms with Crippen LogP contribution in [0.2, 0.25) is 0 Å². The van der Waals surface area contributed by atoms with Crippen molar-refractivity contribution in [3.8, 4) is 12.1 Å². The quantitative estimate of drug-likeness (QED) is 0.436. The van der Waals surface area contributed by atoms with Gasteiger partial charge >= 0.3 is 0 Å². The fourth-order valence-corrected chi connectivity index (χ4v) is 5.18. The number of nitro groups is 1. The Labute approximate surface area is 155 Å². The second-order valence-electron chi connectivity index (χ2n) is 7.54. The molecule has 25 heavy (non-hydrogen) atoms. The van der Waals surface area contributed by atoms with Gasteiger partial charge in [0.25, 0.3) is 5.69 Å². The molecule has 0 spiro atoms. The molecule has 0 amide bonds. The number of nitrogens with one attached hydrogen (secondary N) is 1. The summed E-state index contributed by atoms with van der Waals surface area (Å²) < 4.78 is 0.743. The molecule has 0 unspecified atom stereocenters. The summed E-state index contributed by atoms with van der Waals surface area (Å²) in [6.45, 7) is 9.87. The lowest BCUT2D eigenvalue weighted by Gasteiger charge is -2.23. The first-order valence-electron chi connectivity index (χ1n) is 7.76. The Balaban J connectivity index is 2.86. The molecule has 0 saturated carbocycles. The van der Waals surface area contributed by atoms with Crippen LogP contribution in [0.4, 0.5) is 11.4 Å². The Morgan fingerprint density at radius 2 is 1.76 bits per heavy atom. The molecule has 1 aliphatic rings. The molecular weight excluding hydrogens is 384 g/mol. The van der Waals surface area contributed by atoms with E-state index in [4.69, 9.17) is 10.5 Å². The van der Waals surface area contributed by atoms with Crippen molar-refractivity contribution in [1.82, 2.24) is 0 Å². The van der Waals surface area contributed by atoms with E-state index in [-0.39, 0.29) is 27.0 Å². The van der Waals surface area contributed by atoms with E-state index >= 15 is 0 Å². The first kappa shape index (κ1) is 19.0. The normalized spacial score (nSPS) is 16.3. The third-order valence-corrected chi connectivity index (χ3v) is 5.47. The van der Waals surface area contributed by atoms with E-state index in [1.807, 2.05) is 13.8 Å². The van der Waals surface area contributed by atoms with Gasteiger partial charge in [-0.3, -0.25) is 10.1 Å². The van der Waals surface area contributed by atoms with Crippen molar-refractivity contribution in [3.05, 3.63) is 43.1 Å². The third-order valence-electron chi connectivity index (χ3n) is 4.68. The molecule has 0 radical (unpaired) electrons. The lowest BCUT2D eigenvalue weighted by atomic mass is 9.81. The van der Waals surface area contributed by atoms with Crippen LogP contribution in [0.15, 0.2) is 16.2 Å². The summed E-state index contributed by atoms with van der Waals surface area (Å²) >= 11 is 3.61. The van der Waals surface area contributed by atoms with Gasteiger partial charge in [-0.25, -0.2) is 0 Å². The fourth-order valence-electron chi connectivity index (χ4n) is 4.03. The first-order chi connectivity index (χ1) is 11.5. The second-order valence-corrected chi connectivity index (χ2v) is 8.33. The third kappa shape index (κ3) is 3.01. The highest BCUT2D eigenvalue weighted by Gasteiger charge is 2.49.